The summed E-state index contributed by atoms with van der Waals surface area (Å²) in [5.41, 5.74) is 0.855. The van der Waals surface area contributed by atoms with E-state index in [2.05, 4.69) is 10.9 Å². The van der Waals surface area contributed by atoms with Gasteiger partial charge >= 0.3 is 0 Å². The maximum Gasteiger partial charge on any atom is 0.266 e. The number of thiazole rings is 1. The van der Waals surface area contributed by atoms with Crippen LogP contribution >= 0.6 is 11.3 Å². The first-order valence-electron chi connectivity index (χ1n) is 8.51. The topological polar surface area (TPSA) is 81.0 Å². The number of methoxy groups -OCH3 is 1. The summed E-state index contributed by atoms with van der Waals surface area (Å²) in [6.07, 6.45) is 8.63. The van der Waals surface area contributed by atoms with Crippen LogP contribution in [0.1, 0.15) is 19.3 Å². The number of sulfonamides is 1. The summed E-state index contributed by atoms with van der Waals surface area (Å²) in [4.78, 5) is 17.5. The van der Waals surface area contributed by atoms with Gasteiger partial charge in [-0.2, -0.15) is 9.30 Å². The molecule has 1 fully saturated rings. The number of benzene rings is 1. The Morgan fingerprint density at radius 1 is 1.44 bits per heavy atom. The second kappa shape index (κ2) is 7.84. The zero-order valence-corrected chi connectivity index (χ0v) is 16.8. The monoisotopic (exact) mass is 407 g/mol. The molecule has 9 heteroatoms. The SMILES string of the molecule is C#CCn1c(=NC(=O)C2CCCCN2S(C)(=O)=O)sc2cc(OC)ccc21. The molecular formula is C18H21N3O4S2. The molecule has 0 saturated carbocycles. The molecule has 2 aromatic rings. The highest BCUT2D eigenvalue weighted by Gasteiger charge is 2.34. The zero-order chi connectivity index (χ0) is 19.6. The van der Waals surface area contributed by atoms with Crippen molar-refractivity contribution in [3.63, 3.8) is 0 Å². The Labute approximate surface area is 162 Å². The molecule has 2 heterocycles. The van der Waals surface area contributed by atoms with Gasteiger partial charge in [-0.15, -0.1) is 6.42 Å². The van der Waals surface area contributed by atoms with Crippen LogP contribution in [0.4, 0.5) is 0 Å². The Balaban J connectivity index is 2.07. The van der Waals surface area contributed by atoms with E-state index in [0.29, 0.717) is 23.5 Å². The fraction of sp³-hybridized carbons (Fsp3) is 0.444. The third-order valence-corrected chi connectivity index (χ3v) is 6.84. The van der Waals surface area contributed by atoms with Crippen LogP contribution in [0.5, 0.6) is 5.75 Å². The summed E-state index contributed by atoms with van der Waals surface area (Å²) >= 11 is 1.33. The molecule has 1 aliphatic rings. The summed E-state index contributed by atoms with van der Waals surface area (Å²) < 4.78 is 33.2. The molecule has 0 aliphatic carbocycles. The normalized spacial score (nSPS) is 19.1. The minimum Gasteiger partial charge on any atom is -0.497 e. The summed E-state index contributed by atoms with van der Waals surface area (Å²) in [5, 5.41) is 0. The molecule has 0 radical (unpaired) electrons. The molecule has 1 saturated heterocycles. The van der Waals surface area contributed by atoms with Gasteiger partial charge in [0.2, 0.25) is 10.0 Å². The van der Waals surface area contributed by atoms with Crippen molar-refractivity contribution < 1.29 is 17.9 Å². The quantitative estimate of drug-likeness (QED) is 0.721. The highest BCUT2D eigenvalue weighted by Crippen LogP contribution is 2.24. The van der Waals surface area contributed by atoms with Gasteiger partial charge in [-0.25, -0.2) is 8.42 Å². The molecule has 1 aromatic carbocycles. The van der Waals surface area contributed by atoms with Crippen molar-refractivity contribution >= 4 is 37.5 Å². The van der Waals surface area contributed by atoms with E-state index in [-0.39, 0.29) is 6.54 Å². The maximum atomic E-state index is 12.8. The first-order valence-corrected chi connectivity index (χ1v) is 11.2. The third kappa shape index (κ3) is 4.08. The molecule has 144 valence electrons. The van der Waals surface area contributed by atoms with Gasteiger partial charge in [0.1, 0.15) is 11.8 Å². The molecule has 1 aliphatic heterocycles. The predicted molar refractivity (Wildman–Crippen MR) is 105 cm³/mol. The Morgan fingerprint density at radius 2 is 2.22 bits per heavy atom. The van der Waals surface area contributed by atoms with Gasteiger partial charge < -0.3 is 9.30 Å². The number of nitrogens with zero attached hydrogens (tertiary/aromatic N) is 3. The van der Waals surface area contributed by atoms with E-state index in [1.807, 2.05) is 18.2 Å². The lowest BCUT2D eigenvalue weighted by Crippen LogP contribution is -2.47. The number of amides is 1. The Morgan fingerprint density at radius 3 is 2.89 bits per heavy atom. The van der Waals surface area contributed by atoms with Crippen LogP contribution in [0, 0.1) is 12.3 Å². The van der Waals surface area contributed by atoms with E-state index in [0.717, 1.165) is 29.3 Å². The van der Waals surface area contributed by atoms with Gasteiger partial charge in [0.05, 0.1) is 30.1 Å². The maximum absolute atomic E-state index is 12.8. The van der Waals surface area contributed by atoms with E-state index >= 15 is 0 Å². The smallest absolute Gasteiger partial charge is 0.266 e. The average Bonchev–Trinajstić information content (AvgIpc) is 2.97. The fourth-order valence-corrected chi connectivity index (χ4v) is 5.41. The Bertz CT molecular complexity index is 1080. The minimum absolute atomic E-state index is 0.263. The van der Waals surface area contributed by atoms with E-state index in [1.165, 1.54) is 15.6 Å². The molecule has 1 aromatic heterocycles. The van der Waals surface area contributed by atoms with Gasteiger partial charge in [-0.05, 0) is 31.0 Å². The van der Waals surface area contributed by atoms with Crippen LogP contribution < -0.4 is 9.54 Å². The highest BCUT2D eigenvalue weighted by atomic mass is 32.2. The van der Waals surface area contributed by atoms with Crippen LogP contribution in [0.25, 0.3) is 10.2 Å². The van der Waals surface area contributed by atoms with Crippen molar-refractivity contribution in [3.05, 3.63) is 23.0 Å². The van der Waals surface area contributed by atoms with Crippen molar-refractivity contribution in [1.82, 2.24) is 8.87 Å². The Kier molecular flexibility index (Phi) is 5.69. The molecule has 1 amide bonds. The number of carbonyl (C=O) groups is 1. The molecule has 27 heavy (non-hydrogen) atoms. The number of piperidine rings is 1. The van der Waals surface area contributed by atoms with Crippen molar-refractivity contribution in [3.8, 4) is 18.1 Å². The number of fused-ring (bicyclic) bond motifs is 1. The average molecular weight is 408 g/mol. The standard InChI is InChI=1S/C18H21N3O4S2/c1-4-10-20-14-9-8-13(25-2)12-16(14)26-18(20)19-17(22)15-7-5-6-11-21(15)27(3,23)24/h1,8-9,12,15H,5-7,10-11H2,2-3H3. The summed E-state index contributed by atoms with van der Waals surface area (Å²) in [6, 6.07) is 4.79. The molecule has 1 unspecified atom stereocenters. The van der Waals surface area contributed by atoms with Gasteiger partial charge in [0, 0.05) is 6.54 Å². The predicted octanol–water partition coefficient (Wildman–Crippen LogP) is 1.59. The van der Waals surface area contributed by atoms with Crippen molar-refractivity contribution in [2.45, 2.75) is 31.8 Å². The second-order valence-electron chi connectivity index (χ2n) is 6.34. The largest absolute Gasteiger partial charge is 0.497 e. The fourth-order valence-electron chi connectivity index (χ4n) is 3.23. The molecule has 1 atom stereocenters. The van der Waals surface area contributed by atoms with Gasteiger partial charge in [0.15, 0.2) is 4.80 Å². The molecule has 0 bridgehead atoms. The summed E-state index contributed by atoms with van der Waals surface area (Å²) in [5.74, 6) is 2.82. The minimum atomic E-state index is -3.47. The lowest BCUT2D eigenvalue weighted by atomic mass is 10.0. The molecule has 0 spiro atoms. The van der Waals surface area contributed by atoms with Crippen molar-refractivity contribution in [2.24, 2.45) is 4.99 Å². The summed E-state index contributed by atoms with van der Waals surface area (Å²) in [6.45, 7) is 0.609. The number of rotatable bonds is 4. The molecule has 0 N–H and O–H groups in total. The van der Waals surface area contributed by atoms with Crippen LogP contribution in [-0.4, -0.2) is 49.1 Å². The van der Waals surface area contributed by atoms with E-state index in [4.69, 9.17) is 11.2 Å². The number of carbonyl (C=O) groups excluding carboxylic acids is 1. The van der Waals surface area contributed by atoms with Crippen molar-refractivity contribution in [2.75, 3.05) is 19.9 Å². The van der Waals surface area contributed by atoms with Gasteiger partial charge in [0.25, 0.3) is 5.91 Å². The van der Waals surface area contributed by atoms with Gasteiger partial charge in [-0.1, -0.05) is 23.7 Å². The van der Waals surface area contributed by atoms with E-state index in [9.17, 15) is 13.2 Å². The number of terminal acetylenes is 1. The third-order valence-electron chi connectivity index (χ3n) is 4.51. The number of aromatic nitrogens is 1. The number of hydrogen-bond donors (Lipinski definition) is 0. The van der Waals surface area contributed by atoms with Crippen LogP contribution in [0.15, 0.2) is 23.2 Å². The highest BCUT2D eigenvalue weighted by molar-refractivity contribution is 7.88. The molecular weight excluding hydrogens is 386 g/mol. The van der Waals surface area contributed by atoms with Gasteiger partial charge in [-0.3, -0.25) is 4.79 Å². The lowest BCUT2D eigenvalue weighted by Gasteiger charge is -2.31. The van der Waals surface area contributed by atoms with Crippen molar-refractivity contribution in [1.29, 1.82) is 0 Å². The Hall–Kier alpha value is -2.15. The zero-order valence-electron chi connectivity index (χ0n) is 15.2. The number of hydrogen-bond acceptors (Lipinski definition) is 5. The van der Waals surface area contributed by atoms with Crippen LogP contribution in [0.2, 0.25) is 0 Å². The lowest BCUT2D eigenvalue weighted by molar-refractivity contribution is -0.122. The first-order chi connectivity index (χ1) is 12.8. The molecule has 7 nitrogen and oxygen atoms in total. The second-order valence-corrected chi connectivity index (χ2v) is 9.29. The van der Waals surface area contributed by atoms with E-state index < -0.39 is 22.0 Å². The van der Waals surface area contributed by atoms with E-state index in [1.54, 1.807) is 11.7 Å². The summed E-state index contributed by atoms with van der Waals surface area (Å²) in [7, 11) is -1.88. The first kappa shape index (κ1) is 19.6. The van der Waals surface area contributed by atoms with Crippen LogP contribution in [0.3, 0.4) is 0 Å². The molecule has 3 rings (SSSR count). The van der Waals surface area contributed by atoms with Crippen LogP contribution in [-0.2, 0) is 21.4 Å². The number of ether oxygens (including phenoxy) is 1.